The Morgan fingerprint density at radius 2 is 1.83 bits per heavy atom. The van der Waals surface area contributed by atoms with Crippen LogP contribution in [0, 0.1) is 0 Å². The summed E-state index contributed by atoms with van der Waals surface area (Å²) in [5.41, 5.74) is 0. The van der Waals surface area contributed by atoms with Gasteiger partial charge in [-0.3, -0.25) is 0 Å². The van der Waals surface area contributed by atoms with Crippen molar-refractivity contribution in [1.82, 2.24) is 0 Å². The number of methoxy groups -OCH3 is 2. The second-order valence-corrected chi connectivity index (χ2v) is 3.36. The lowest BCUT2D eigenvalue weighted by Crippen LogP contribution is -2.26. The minimum atomic E-state index is -0.790. The van der Waals surface area contributed by atoms with Crippen LogP contribution in [0.5, 0.6) is 11.5 Å². The first-order valence-corrected chi connectivity index (χ1v) is 5.39. The molecule has 1 aromatic rings. The van der Waals surface area contributed by atoms with Gasteiger partial charge in [-0.1, -0.05) is 18.7 Å². The van der Waals surface area contributed by atoms with Gasteiger partial charge in [0.25, 0.3) is 0 Å². The molecular weight excluding hydrogens is 232 g/mol. The molecule has 18 heavy (non-hydrogen) atoms. The van der Waals surface area contributed by atoms with E-state index in [1.165, 1.54) is 7.11 Å². The number of carbonyl (C=O) groups excluding carboxylic acids is 1. The summed E-state index contributed by atoms with van der Waals surface area (Å²) >= 11 is 0. The Morgan fingerprint density at radius 1 is 1.22 bits per heavy atom. The van der Waals surface area contributed by atoms with Crippen LogP contribution in [0.15, 0.2) is 49.1 Å². The van der Waals surface area contributed by atoms with E-state index >= 15 is 0 Å². The number of hydrogen-bond donors (Lipinski definition) is 0. The summed E-state index contributed by atoms with van der Waals surface area (Å²) in [6, 6.07) is 6.94. The smallest absolute Gasteiger partial charge is 0.351 e. The lowest BCUT2D eigenvalue weighted by atomic mass is 10.3. The number of rotatable bonds is 6. The average molecular weight is 248 g/mol. The summed E-state index contributed by atoms with van der Waals surface area (Å²) in [4.78, 5) is 11.5. The van der Waals surface area contributed by atoms with Gasteiger partial charge in [-0.25, -0.2) is 4.79 Å². The Kier molecular flexibility index (Phi) is 5.51. The van der Waals surface area contributed by atoms with Crippen molar-refractivity contribution in [3.63, 3.8) is 0 Å². The van der Waals surface area contributed by atoms with Crippen LogP contribution in [0.2, 0.25) is 0 Å². The highest BCUT2D eigenvalue weighted by molar-refractivity contribution is 5.77. The predicted molar refractivity (Wildman–Crippen MR) is 68.8 cm³/mol. The number of esters is 1. The van der Waals surface area contributed by atoms with Crippen LogP contribution in [0.1, 0.15) is 0 Å². The standard InChI is InChI=1S/C14H16O4/c1-4-5-6-13(14(15)17-3)18-12-9-7-11(16-2)8-10-12/h4-10,13H,1H2,2-3H3/b6-5+. The van der Waals surface area contributed by atoms with E-state index in [0.717, 1.165) is 5.75 Å². The molecule has 0 spiro atoms. The minimum Gasteiger partial charge on any atom is -0.497 e. The normalized spacial score (nSPS) is 11.9. The lowest BCUT2D eigenvalue weighted by molar-refractivity contribution is -0.146. The highest BCUT2D eigenvalue weighted by atomic mass is 16.6. The maximum absolute atomic E-state index is 11.5. The highest BCUT2D eigenvalue weighted by Crippen LogP contribution is 2.18. The van der Waals surface area contributed by atoms with Gasteiger partial charge < -0.3 is 14.2 Å². The third-order valence-corrected chi connectivity index (χ3v) is 2.18. The summed E-state index contributed by atoms with van der Waals surface area (Å²) in [6.07, 6.45) is 3.97. The fourth-order valence-electron chi connectivity index (χ4n) is 1.26. The zero-order valence-electron chi connectivity index (χ0n) is 10.5. The molecule has 4 nitrogen and oxygen atoms in total. The largest absolute Gasteiger partial charge is 0.497 e. The van der Waals surface area contributed by atoms with E-state index in [4.69, 9.17) is 9.47 Å². The molecule has 1 unspecified atom stereocenters. The van der Waals surface area contributed by atoms with Gasteiger partial charge in [0.05, 0.1) is 14.2 Å². The van der Waals surface area contributed by atoms with Crippen LogP contribution in [0.3, 0.4) is 0 Å². The van der Waals surface area contributed by atoms with Gasteiger partial charge in [-0.15, -0.1) is 0 Å². The van der Waals surface area contributed by atoms with Crippen LogP contribution < -0.4 is 9.47 Å². The first-order chi connectivity index (χ1) is 8.71. The van der Waals surface area contributed by atoms with Gasteiger partial charge >= 0.3 is 5.97 Å². The molecule has 0 amide bonds. The van der Waals surface area contributed by atoms with Crippen LogP contribution in [0.25, 0.3) is 0 Å². The molecule has 1 aromatic carbocycles. The lowest BCUT2D eigenvalue weighted by Gasteiger charge is -2.13. The quantitative estimate of drug-likeness (QED) is 0.572. The van der Waals surface area contributed by atoms with Crippen molar-refractivity contribution in [2.24, 2.45) is 0 Å². The summed E-state index contributed by atoms with van der Waals surface area (Å²) in [6.45, 7) is 3.54. The maximum Gasteiger partial charge on any atom is 0.351 e. The Balaban J connectivity index is 2.78. The van der Waals surface area contributed by atoms with E-state index in [2.05, 4.69) is 11.3 Å². The van der Waals surface area contributed by atoms with Crippen molar-refractivity contribution < 1.29 is 19.0 Å². The molecule has 96 valence electrons. The molecule has 0 aromatic heterocycles. The maximum atomic E-state index is 11.5. The van der Waals surface area contributed by atoms with E-state index in [1.54, 1.807) is 49.6 Å². The molecule has 0 aliphatic heterocycles. The van der Waals surface area contributed by atoms with Crippen molar-refractivity contribution in [2.75, 3.05) is 14.2 Å². The van der Waals surface area contributed by atoms with Gasteiger partial charge in [-0.2, -0.15) is 0 Å². The number of carbonyl (C=O) groups is 1. The van der Waals surface area contributed by atoms with Crippen molar-refractivity contribution in [2.45, 2.75) is 6.10 Å². The second-order valence-electron chi connectivity index (χ2n) is 3.36. The number of benzene rings is 1. The first-order valence-electron chi connectivity index (χ1n) is 5.39. The molecule has 0 saturated carbocycles. The summed E-state index contributed by atoms with van der Waals surface area (Å²) < 4.78 is 15.2. The number of allylic oxidation sites excluding steroid dienone is 2. The average Bonchev–Trinajstić information content (AvgIpc) is 2.43. The summed E-state index contributed by atoms with van der Waals surface area (Å²) in [5, 5.41) is 0. The molecule has 0 saturated heterocycles. The van der Waals surface area contributed by atoms with Crippen LogP contribution in [0.4, 0.5) is 0 Å². The number of hydrogen-bond acceptors (Lipinski definition) is 4. The van der Waals surface area contributed by atoms with Crippen molar-refractivity contribution in [3.05, 3.63) is 49.1 Å². The topological polar surface area (TPSA) is 44.8 Å². The highest BCUT2D eigenvalue weighted by Gasteiger charge is 2.17. The van der Waals surface area contributed by atoms with E-state index in [-0.39, 0.29) is 0 Å². The monoisotopic (exact) mass is 248 g/mol. The second kappa shape index (κ2) is 7.17. The molecule has 4 heteroatoms. The predicted octanol–water partition coefficient (Wildman–Crippen LogP) is 2.36. The van der Waals surface area contributed by atoms with E-state index in [0.29, 0.717) is 5.75 Å². The van der Waals surface area contributed by atoms with Gasteiger partial charge in [0, 0.05) is 0 Å². The SMILES string of the molecule is C=C/C=C/C(Oc1ccc(OC)cc1)C(=O)OC. The fraction of sp³-hybridized carbons (Fsp3) is 0.214. The minimum absolute atomic E-state index is 0.469. The van der Waals surface area contributed by atoms with E-state index in [1.807, 2.05) is 0 Å². The molecule has 0 bridgehead atoms. The molecule has 0 fully saturated rings. The van der Waals surface area contributed by atoms with Crippen molar-refractivity contribution in [3.8, 4) is 11.5 Å². The molecule has 1 rings (SSSR count). The van der Waals surface area contributed by atoms with Crippen molar-refractivity contribution in [1.29, 1.82) is 0 Å². The molecule has 0 aliphatic rings. The Morgan fingerprint density at radius 3 is 2.33 bits per heavy atom. The Labute approximate surface area is 106 Å². The van der Waals surface area contributed by atoms with Gasteiger partial charge in [0.2, 0.25) is 6.10 Å². The molecule has 0 heterocycles. The zero-order chi connectivity index (χ0) is 13.4. The van der Waals surface area contributed by atoms with Gasteiger partial charge in [0.1, 0.15) is 11.5 Å². The van der Waals surface area contributed by atoms with Crippen LogP contribution >= 0.6 is 0 Å². The Hall–Kier alpha value is -2.23. The Bertz CT molecular complexity index is 420. The van der Waals surface area contributed by atoms with Crippen LogP contribution in [-0.4, -0.2) is 26.3 Å². The summed E-state index contributed by atoms with van der Waals surface area (Å²) in [7, 11) is 2.90. The fourth-order valence-corrected chi connectivity index (χ4v) is 1.26. The van der Waals surface area contributed by atoms with Gasteiger partial charge in [-0.05, 0) is 30.3 Å². The molecule has 0 N–H and O–H groups in total. The first kappa shape index (κ1) is 13.8. The third-order valence-electron chi connectivity index (χ3n) is 2.18. The van der Waals surface area contributed by atoms with E-state index < -0.39 is 12.1 Å². The van der Waals surface area contributed by atoms with Crippen LogP contribution in [-0.2, 0) is 9.53 Å². The zero-order valence-corrected chi connectivity index (χ0v) is 10.5. The number of ether oxygens (including phenoxy) is 3. The molecular formula is C14H16O4. The molecule has 0 radical (unpaired) electrons. The molecule has 1 atom stereocenters. The van der Waals surface area contributed by atoms with Crippen molar-refractivity contribution >= 4 is 5.97 Å². The molecule has 0 aliphatic carbocycles. The van der Waals surface area contributed by atoms with E-state index in [9.17, 15) is 4.79 Å². The third kappa shape index (κ3) is 3.97. The summed E-state index contributed by atoms with van der Waals surface area (Å²) in [5.74, 6) is 0.808. The van der Waals surface area contributed by atoms with Gasteiger partial charge in [0.15, 0.2) is 0 Å².